The fraction of sp³-hybridized carbons (Fsp3) is 0.500. The Kier molecular flexibility index (Phi) is 5.86. The Balaban J connectivity index is 1.71. The zero-order valence-corrected chi connectivity index (χ0v) is 17.0. The van der Waals surface area contributed by atoms with Crippen LogP contribution in [0.4, 0.5) is 5.69 Å². The van der Waals surface area contributed by atoms with Gasteiger partial charge in [-0.05, 0) is 38.7 Å². The number of hydrogen-bond donors (Lipinski definition) is 0. The topological polar surface area (TPSA) is 127 Å². The third-order valence-electron chi connectivity index (χ3n) is 5.59. The minimum Gasteiger partial charge on any atom is -0.451 e. The van der Waals surface area contributed by atoms with Gasteiger partial charge in [-0.15, -0.1) is 0 Å². The molecule has 2 atom stereocenters. The van der Waals surface area contributed by atoms with Gasteiger partial charge in [0.25, 0.3) is 23.4 Å². The summed E-state index contributed by atoms with van der Waals surface area (Å²) >= 11 is 0. The molecule has 0 spiro atoms. The molecule has 1 aromatic rings. The number of rotatable bonds is 5. The van der Waals surface area contributed by atoms with Crippen molar-refractivity contribution < 1.29 is 28.8 Å². The average molecular weight is 417 g/mol. The van der Waals surface area contributed by atoms with Gasteiger partial charge in [-0.3, -0.25) is 29.4 Å². The number of piperidine rings is 1. The van der Waals surface area contributed by atoms with Crippen molar-refractivity contribution in [3.05, 3.63) is 39.4 Å². The summed E-state index contributed by atoms with van der Waals surface area (Å²) in [7, 11) is 0. The fourth-order valence-electron chi connectivity index (χ4n) is 3.70. The number of esters is 1. The Hall–Kier alpha value is -3.30. The second kappa shape index (κ2) is 8.21. The summed E-state index contributed by atoms with van der Waals surface area (Å²) in [6.45, 7) is 6.01. The molecular formula is C20H23N3O7. The number of ether oxygens (including phenoxy) is 1. The third-order valence-corrected chi connectivity index (χ3v) is 5.59. The Morgan fingerprint density at radius 3 is 2.40 bits per heavy atom. The first-order chi connectivity index (χ1) is 14.1. The van der Waals surface area contributed by atoms with Gasteiger partial charge in [-0.25, -0.2) is 4.79 Å². The first kappa shape index (κ1) is 21.4. The van der Waals surface area contributed by atoms with Gasteiger partial charge in [0.1, 0.15) is 11.6 Å². The van der Waals surface area contributed by atoms with Crippen molar-refractivity contribution in [3.63, 3.8) is 0 Å². The van der Waals surface area contributed by atoms with E-state index in [1.807, 2.05) is 0 Å². The number of amides is 3. The molecule has 10 nitrogen and oxygen atoms in total. The lowest BCUT2D eigenvalue weighted by molar-refractivity contribution is -0.385. The molecule has 0 saturated carbocycles. The van der Waals surface area contributed by atoms with Crippen molar-refractivity contribution in [2.45, 2.75) is 45.8 Å². The lowest BCUT2D eigenvalue weighted by Gasteiger charge is -2.32. The van der Waals surface area contributed by atoms with Gasteiger partial charge in [-0.1, -0.05) is 13.0 Å². The van der Waals surface area contributed by atoms with E-state index in [1.54, 1.807) is 4.90 Å². The first-order valence-corrected chi connectivity index (χ1v) is 9.78. The van der Waals surface area contributed by atoms with Crippen LogP contribution in [-0.4, -0.2) is 63.6 Å². The monoisotopic (exact) mass is 417 g/mol. The number of nitro groups is 1. The number of fused-ring (bicyclic) bond motifs is 1. The Morgan fingerprint density at radius 2 is 1.80 bits per heavy atom. The highest BCUT2D eigenvalue weighted by atomic mass is 16.6. The number of carbonyl (C=O) groups is 4. The van der Waals surface area contributed by atoms with Crippen LogP contribution in [-0.2, 0) is 14.3 Å². The number of imide groups is 1. The van der Waals surface area contributed by atoms with Gasteiger partial charge in [0.05, 0.1) is 10.5 Å². The van der Waals surface area contributed by atoms with E-state index in [0.29, 0.717) is 23.9 Å². The van der Waals surface area contributed by atoms with E-state index < -0.39 is 40.5 Å². The van der Waals surface area contributed by atoms with Crippen LogP contribution >= 0.6 is 0 Å². The highest BCUT2D eigenvalue weighted by Crippen LogP contribution is 2.32. The molecule has 2 heterocycles. The van der Waals surface area contributed by atoms with Crippen molar-refractivity contribution in [3.8, 4) is 0 Å². The zero-order chi connectivity index (χ0) is 22.2. The van der Waals surface area contributed by atoms with E-state index >= 15 is 0 Å². The van der Waals surface area contributed by atoms with Crippen molar-refractivity contribution in [1.82, 2.24) is 9.80 Å². The van der Waals surface area contributed by atoms with Crippen molar-refractivity contribution >= 4 is 29.4 Å². The van der Waals surface area contributed by atoms with Crippen molar-refractivity contribution in [1.29, 1.82) is 0 Å². The number of likely N-dealkylation sites (tertiary alicyclic amines) is 1. The molecule has 1 aromatic carbocycles. The molecule has 2 aliphatic rings. The second-order valence-corrected chi connectivity index (χ2v) is 7.70. The summed E-state index contributed by atoms with van der Waals surface area (Å²) in [5, 5.41) is 11.2. The van der Waals surface area contributed by atoms with Gasteiger partial charge < -0.3 is 9.64 Å². The molecule has 2 aliphatic heterocycles. The predicted octanol–water partition coefficient (Wildman–Crippen LogP) is 1.77. The standard InChI is InChI=1S/C20H23N3O7/c1-11-7-9-21(10-8-11)17(24)13(3)30-20(27)12(2)22-18(25)14-5-4-6-15(23(28)29)16(14)19(22)26/h4-6,11-13H,7-10H2,1-3H3/t12-,13-/m1/s1. The summed E-state index contributed by atoms with van der Waals surface area (Å²) in [5.41, 5.74) is -0.990. The molecule has 0 aromatic heterocycles. The molecule has 3 amide bonds. The van der Waals surface area contributed by atoms with Gasteiger partial charge in [0.2, 0.25) is 0 Å². The zero-order valence-electron chi connectivity index (χ0n) is 17.0. The van der Waals surface area contributed by atoms with Crippen LogP contribution in [0.3, 0.4) is 0 Å². The molecule has 0 bridgehead atoms. The molecule has 0 N–H and O–H groups in total. The largest absolute Gasteiger partial charge is 0.451 e. The van der Waals surface area contributed by atoms with E-state index in [4.69, 9.17) is 4.74 Å². The maximum Gasteiger partial charge on any atom is 0.329 e. The minimum absolute atomic E-state index is 0.139. The number of benzene rings is 1. The fourth-order valence-corrected chi connectivity index (χ4v) is 3.70. The number of carbonyl (C=O) groups excluding carboxylic acids is 4. The van der Waals surface area contributed by atoms with E-state index in [-0.39, 0.29) is 17.0 Å². The molecule has 0 unspecified atom stereocenters. The SMILES string of the molecule is CC1CCN(C(=O)[C@@H](C)OC(=O)[C@@H](C)N2C(=O)c3cccc([N+](=O)[O-])c3C2=O)CC1. The summed E-state index contributed by atoms with van der Waals surface area (Å²) in [6.07, 6.45) is 0.672. The van der Waals surface area contributed by atoms with Gasteiger partial charge in [0.15, 0.2) is 6.10 Å². The highest BCUT2D eigenvalue weighted by Gasteiger charge is 2.45. The Morgan fingerprint density at radius 1 is 1.17 bits per heavy atom. The molecule has 0 aliphatic carbocycles. The average Bonchev–Trinajstić information content (AvgIpc) is 2.97. The van der Waals surface area contributed by atoms with Crippen LogP contribution in [0.1, 0.15) is 54.3 Å². The molecular weight excluding hydrogens is 394 g/mol. The van der Waals surface area contributed by atoms with Crippen molar-refractivity contribution in [2.75, 3.05) is 13.1 Å². The first-order valence-electron chi connectivity index (χ1n) is 9.78. The van der Waals surface area contributed by atoms with Gasteiger partial charge >= 0.3 is 5.97 Å². The van der Waals surface area contributed by atoms with Crippen LogP contribution in [0.15, 0.2) is 18.2 Å². The normalized spacial score (nSPS) is 18.8. The maximum absolute atomic E-state index is 12.7. The molecule has 1 fully saturated rings. The van der Waals surface area contributed by atoms with Crippen LogP contribution in [0.2, 0.25) is 0 Å². The van der Waals surface area contributed by atoms with Crippen LogP contribution < -0.4 is 0 Å². The molecule has 3 rings (SSSR count). The molecule has 1 saturated heterocycles. The van der Waals surface area contributed by atoms with E-state index in [2.05, 4.69) is 6.92 Å². The van der Waals surface area contributed by atoms with Crippen LogP contribution in [0.25, 0.3) is 0 Å². The van der Waals surface area contributed by atoms with E-state index in [0.717, 1.165) is 18.9 Å². The minimum atomic E-state index is -1.34. The Labute approximate surface area is 172 Å². The number of hydrogen-bond acceptors (Lipinski definition) is 7. The van der Waals surface area contributed by atoms with E-state index in [1.165, 1.54) is 26.0 Å². The lowest BCUT2D eigenvalue weighted by atomic mass is 9.99. The number of nitrogens with zero attached hydrogens (tertiary/aromatic N) is 3. The summed E-state index contributed by atoms with van der Waals surface area (Å²) < 4.78 is 5.23. The van der Waals surface area contributed by atoms with Crippen molar-refractivity contribution in [2.24, 2.45) is 5.92 Å². The molecule has 30 heavy (non-hydrogen) atoms. The van der Waals surface area contributed by atoms with Gasteiger partial charge in [0, 0.05) is 19.2 Å². The van der Waals surface area contributed by atoms with Crippen LogP contribution in [0.5, 0.6) is 0 Å². The molecule has 10 heteroatoms. The number of nitro benzene ring substituents is 1. The second-order valence-electron chi connectivity index (χ2n) is 7.70. The quantitative estimate of drug-likeness (QED) is 0.309. The third kappa shape index (κ3) is 3.77. The summed E-state index contributed by atoms with van der Waals surface area (Å²) in [6, 6.07) is 2.38. The maximum atomic E-state index is 12.7. The smallest absolute Gasteiger partial charge is 0.329 e. The van der Waals surface area contributed by atoms with E-state index in [9.17, 15) is 29.3 Å². The predicted molar refractivity (Wildman–Crippen MR) is 104 cm³/mol. The lowest BCUT2D eigenvalue weighted by Crippen LogP contribution is -2.48. The van der Waals surface area contributed by atoms with Gasteiger partial charge in [-0.2, -0.15) is 0 Å². The summed E-state index contributed by atoms with van der Waals surface area (Å²) in [5.74, 6) is -2.48. The molecule has 160 valence electrons. The Bertz CT molecular complexity index is 921. The van der Waals surface area contributed by atoms with Crippen LogP contribution in [0, 0.1) is 16.0 Å². The molecule has 0 radical (unpaired) electrons. The highest BCUT2D eigenvalue weighted by molar-refractivity contribution is 6.24. The summed E-state index contributed by atoms with van der Waals surface area (Å²) in [4.78, 5) is 63.1.